The normalized spacial score (nSPS) is 9.84. The molecule has 2 aromatic rings. The summed E-state index contributed by atoms with van der Waals surface area (Å²) in [6, 6.07) is 10.5. The number of hydrogen-bond donors (Lipinski definition) is 2. The lowest BCUT2D eigenvalue weighted by molar-refractivity contribution is -0.122. The lowest BCUT2D eigenvalue weighted by Crippen LogP contribution is -2.28. The van der Waals surface area contributed by atoms with E-state index in [1.54, 1.807) is 24.3 Å². The Bertz CT molecular complexity index is 643. The van der Waals surface area contributed by atoms with E-state index in [2.05, 4.69) is 11.2 Å². The number of carbonyl (C=O) groups excluding carboxylic acids is 1. The summed E-state index contributed by atoms with van der Waals surface area (Å²) < 4.78 is 5.35. The SMILES string of the molecule is C#CCNC(=O)COc1ccc2ccc(O)cc2c1. The number of carbonyl (C=O) groups is 1. The highest BCUT2D eigenvalue weighted by Gasteiger charge is 2.03. The summed E-state index contributed by atoms with van der Waals surface area (Å²) >= 11 is 0. The van der Waals surface area contributed by atoms with Crippen molar-refractivity contribution < 1.29 is 14.6 Å². The topological polar surface area (TPSA) is 58.6 Å². The molecule has 96 valence electrons. The predicted molar refractivity (Wildman–Crippen MR) is 73.0 cm³/mol. The van der Waals surface area contributed by atoms with Crippen LogP contribution in [0.25, 0.3) is 10.8 Å². The Morgan fingerprint density at radius 1 is 1.26 bits per heavy atom. The molecule has 0 bridgehead atoms. The third kappa shape index (κ3) is 3.39. The maximum atomic E-state index is 11.3. The monoisotopic (exact) mass is 255 g/mol. The number of phenolic OH excluding ortho intramolecular Hbond substituents is 1. The molecule has 2 aromatic carbocycles. The Kier molecular flexibility index (Phi) is 3.89. The van der Waals surface area contributed by atoms with E-state index >= 15 is 0 Å². The number of terminal acetylenes is 1. The number of ether oxygens (including phenoxy) is 1. The van der Waals surface area contributed by atoms with Gasteiger partial charge in [-0.2, -0.15) is 0 Å². The van der Waals surface area contributed by atoms with Crippen LogP contribution >= 0.6 is 0 Å². The van der Waals surface area contributed by atoms with Crippen molar-refractivity contribution >= 4 is 16.7 Å². The van der Waals surface area contributed by atoms with E-state index in [0.29, 0.717) is 5.75 Å². The van der Waals surface area contributed by atoms with Gasteiger partial charge in [-0.15, -0.1) is 6.42 Å². The van der Waals surface area contributed by atoms with E-state index in [4.69, 9.17) is 11.2 Å². The number of hydrogen-bond acceptors (Lipinski definition) is 3. The molecule has 0 aliphatic heterocycles. The molecule has 2 N–H and O–H groups in total. The largest absolute Gasteiger partial charge is 0.508 e. The Hall–Kier alpha value is -2.67. The van der Waals surface area contributed by atoms with Crippen molar-refractivity contribution in [1.29, 1.82) is 0 Å². The van der Waals surface area contributed by atoms with Crippen LogP contribution in [0.3, 0.4) is 0 Å². The second-order valence-electron chi connectivity index (χ2n) is 3.96. The quantitative estimate of drug-likeness (QED) is 0.817. The van der Waals surface area contributed by atoms with Crippen molar-refractivity contribution in [3.05, 3.63) is 36.4 Å². The number of fused-ring (bicyclic) bond motifs is 1. The first-order chi connectivity index (χ1) is 9.19. The van der Waals surface area contributed by atoms with E-state index in [0.717, 1.165) is 10.8 Å². The molecule has 0 aromatic heterocycles. The zero-order valence-corrected chi connectivity index (χ0v) is 10.2. The Morgan fingerprint density at radius 3 is 2.84 bits per heavy atom. The molecule has 0 radical (unpaired) electrons. The maximum Gasteiger partial charge on any atom is 0.258 e. The Labute approximate surface area is 111 Å². The summed E-state index contributed by atoms with van der Waals surface area (Å²) in [4.78, 5) is 11.3. The fourth-order valence-electron chi connectivity index (χ4n) is 1.65. The van der Waals surface area contributed by atoms with E-state index in [1.165, 1.54) is 0 Å². The molecule has 4 nitrogen and oxygen atoms in total. The Morgan fingerprint density at radius 2 is 2.05 bits per heavy atom. The average Bonchev–Trinajstić information content (AvgIpc) is 2.42. The zero-order chi connectivity index (χ0) is 13.7. The van der Waals surface area contributed by atoms with Crippen molar-refractivity contribution in [2.45, 2.75) is 0 Å². The van der Waals surface area contributed by atoms with Crippen LogP contribution in [0.15, 0.2) is 36.4 Å². The first-order valence-electron chi connectivity index (χ1n) is 5.75. The van der Waals surface area contributed by atoms with Gasteiger partial charge in [0.1, 0.15) is 11.5 Å². The number of benzene rings is 2. The molecular weight excluding hydrogens is 242 g/mol. The van der Waals surface area contributed by atoms with Crippen LogP contribution in [-0.4, -0.2) is 24.2 Å². The molecule has 0 spiro atoms. The van der Waals surface area contributed by atoms with Crippen molar-refractivity contribution in [3.63, 3.8) is 0 Å². The second kappa shape index (κ2) is 5.78. The molecule has 0 atom stereocenters. The van der Waals surface area contributed by atoms with Crippen LogP contribution in [0, 0.1) is 12.3 Å². The van der Waals surface area contributed by atoms with Gasteiger partial charge in [0.2, 0.25) is 0 Å². The van der Waals surface area contributed by atoms with Gasteiger partial charge in [-0.3, -0.25) is 4.79 Å². The molecular formula is C15H13NO3. The fourth-order valence-corrected chi connectivity index (χ4v) is 1.65. The van der Waals surface area contributed by atoms with Gasteiger partial charge < -0.3 is 15.2 Å². The van der Waals surface area contributed by atoms with Crippen LogP contribution < -0.4 is 10.1 Å². The molecule has 4 heteroatoms. The van der Waals surface area contributed by atoms with Crippen molar-refractivity contribution in [2.75, 3.05) is 13.2 Å². The number of amides is 1. The van der Waals surface area contributed by atoms with Gasteiger partial charge >= 0.3 is 0 Å². The van der Waals surface area contributed by atoms with E-state index in [-0.39, 0.29) is 24.8 Å². The minimum absolute atomic E-state index is 0.0913. The highest BCUT2D eigenvalue weighted by molar-refractivity contribution is 5.85. The molecule has 0 saturated carbocycles. The fraction of sp³-hybridized carbons (Fsp3) is 0.133. The molecule has 0 aliphatic carbocycles. The van der Waals surface area contributed by atoms with Gasteiger partial charge in [0.05, 0.1) is 6.54 Å². The van der Waals surface area contributed by atoms with Gasteiger partial charge in [0.15, 0.2) is 6.61 Å². The molecule has 0 saturated heterocycles. The number of rotatable bonds is 4. The van der Waals surface area contributed by atoms with E-state index in [9.17, 15) is 9.90 Å². The standard InChI is InChI=1S/C15H13NO3/c1-2-7-16-15(18)10-19-14-6-4-11-3-5-13(17)8-12(11)9-14/h1,3-6,8-9,17H,7,10H2,(H,16,18). The lowest BCUT2D eigenvalue weighted by atomic mass is 10.1. The first-order valence-corrected chi connectivity index (χ1v) is 5.75. The van der Waals surface area contributed by atoms with Crippen LogP contribution in [0.2, 0.25) is 0 Å². The number of aromatic hydroxyl groups is 1. The molecule has 0 fully saturated rings. The highest BCUT2D eigenvalue weighted by Crippen LogP contribution is 2.24. The maximum absolute atomic E-state index is 11.3. The number of nitrogens with one attached hydrogen (secondary N) is 1. The van der Waals surface area contributed by atoms with Gasteiger partial charge in [0.25, 0.3) is 5.91 Å². The van der Waals surface area contributed by atoms with E-state index < -0.39 is 0 Å². The summed E-state index contributed by atoms with van der Waals surface area (Å²) in [6.45, 7) is 0.0970. The molecule has 0 aliphatic rings. The van der Waals surface area contributed by atoms with Gasteiger partial charge in [-0.25, -0.2) is 0 Å². The summed E-state index contributed by atoms with van der Waals surface area (Å²) in [5, 5.41) is 13.8. The third-order valence-electron chi connectivity index (χ3n) is 2.55. The minimum atomic E-state index is -0.269. The van der Waals surface area contributed by atoms with Crippen LogP contribution in [0.4, 0.5) is 0 Å². The van der Waals surface area contributed by atoms with Crippen LogP contribution in [0.5, 0.6) is 11.5 Å². The van der Waals surface area contributed by atoms with Gasteiger partial charge in [0, 0.05) is 0 Å². The summed E-state index contributed by atoms with van der Waals surface area (Å²) in [6.07, 6.45) is 5.03. The second-order valence-corrected chi connectivity index (χ2v) is 3.96. The van der Waals surface area contributed by atoms with Crippen LogP contribution in [-0.2, 0) is 4.79 Å². The molecule has 1 amide bonds. The predicted octanol–water partition coefficient (Wildman–Crippen LogP) is 1.67. The summed E-state index contributed by atoms with van der Waals surface area (Å²) in [5.41, 5.74) is 0. The minimum Gasteiger partial charge on any atom is -0.508 e. The molecule has 19 heavy (non-hydrogen) atoms. The summed E-state index contributed by atoms with van der Waals surface area (Å²) in [5.74, 6) is 2.80. The van der Waals surface area contributed by atoms with Gasteiger partial charge in [-0.1, -0.05) is 18.1 Å². The van der Waals surface area contributed by atoms with E-state index in [1.807, 2.05) is 12.1 Å². The lowest BCUT2D eigenvalue weighted by Gasteiger charge is -2.07. The Balaban J connectivity index is 2.05. The van der Waals surface area contributed by atoms with Gasteiger partial charge in [-0.05, 0) is 35.0 Å². The first kappa shape index (κ1) is 12.8. The highest BCUT2D eigenvalue weighted by atomic mass is 16.5. The molecule has 0 heterocycles. The summed E-state index contributed by atoms with van der Waals surface area (Å²) in [7, 11) is 0. The van der Waals surface area contributed by atoms with Crippen LogP contribution in [0.1, 0.15) is 0 Å². The average molecular weight is 255 g/mol. The zero-order valence-electron chi connectivity index (χ0n) is 10.2. The molecule has 0 unspecified atom stereocenters. The smallest absolute Gasteiger partial charge is 0.258 e. The van der Waals surface area contributed by atoms with Crippen molar-refractivity contribution in [1.82, 2.24) is 5.32 Å². The van der Waals surface area contributed by atoms with Crippen molar-refractivity contribution in [2.24, 2.45) is 0 Å². The third-order valence-corrected chi connectivity index (χ3v) is 2.55. The molecule has 2 rings (SSSR count). The number of phenols is 1. The van der Waals surface area contributed by atoms with Crippen molar-refractivity contribution in [3.8, 4) is 23.8 Å².